The molecule has 2 heterocycles. The molecule has 2 rings (SSSR count). The summed E-state index contributed by atoms with van der Waals surface area (Å²) in [4.78, 5) is 11.9. The van der Waals surface area contributed by atoms with Gasteiger partial charge in [0.25, 0.3) is 0 Å². The van der Waals surface area contributed by atoms with E-state index in [4.69, 9.17) is 4.74 Å². The number of ether oxygens (including phenoxy) is 1. The summed E-state index contributed by atoms with van der Waals surface area (Å²) in [6, 6.07) is 1.96. The summed E-state index contributed by atoms with van der Waals surface area (Å²) in [5.41, 5.74) is 2.13. The van der Waals surface area contributed by atoms with Crippen molar-refractivity contribution in [2.45, 2.75) is 33.7 Å². The average Bonchev–Trinajstić information content (AvgIpc) is 3.00. The molecule has 0 unspecified atom stereocenters. The second-order valence-electron chi connectivity index (χ2n) is 5.44. The van der Waals surface area contributed by atoms with E-state index in [9.17, 15) is 4.79 Å². The third-order valence-corrected chi connectivity index (χ3v) is 3.23. The molecule has 7 heteroatoms. The first-order valence-corrected chi connectivity index (χ1v) is 7.03. The van der Waals surface area contributed by atoms with Crippen LogP contribution < -0.4 is 0 Å². The van der Waals surface area contributed by atoms with E-state index < -0.39 is 5.97 Å². The first-order chi connectivity index (χ1) is 9.99. The number of carbonyl (C=O) groups excluding carboxylic acids is 1. The molecule has 0 radical (unpaired) electrons. The minimum Gasteiger partial charge on any atom is -0.461 e. The molecule has 0 fully saturated rings. The average molecular weight is 291 g/mol. The number of carbonyl (C=O) groups is 1. The lowest BCUT2D eigenvalue weighted by molar-refractivity contribution is 0.0451. The number of aryl methyl sites for hydroxylation is 3. The van der Waals surface area contributed by atoms with E-state index in [0.29, 0.717) is 24.8 Å². The molecule has 21 heavy (non-hydrogen) atoms. The van der Waals surface area contributed by atoms with E-state index >= 15 is 0 Å². The fraction of sp³-hybridized carbons (Fsp3) is 0.571. The number of nitrogens with zero attached hydrogens (tertiary/aromatic N) is 5. The molecule has 0 aliphatic heterocycles. The third kappa shape index (κ3) is 3.68. The van der Waals surface area contributed by atoms with Gasteiger partial charge < -0.3 is 4.74 Å². The van der Waals surface area contributed by atoms with Crippen molar-refractivity contribution < 1.29 is 9.53 Å². The molecule has 0 saturated carbocycles. The first kappa shape index (κ1) is 15.2. The van der Waals surface area contributed by atoms with Crippen molar-refractivity contribution >= 4 is 5.97 Å². The van der Waals surface area contributed by atoms with Gasteiger partial charge in [-0.3, -0.25) is 4.68 Å². The van der Waals surface area contributed by atoms with Crippen LogP contribution >= 0.6 is 0 Å². The number of rotatable bonds is 6. The first-order valence-electron chi connectivity index (χ1n) is 7.03. The zero-order chi connectivity index (χ0) is 15.4. The molecular weight excluding hydrogens is 270 g/mol. The van der Waals surface area contributed by atoms with Gasteiger partial charge in [-0.2, -0.15) is 5.10 Å². The van der Waals surface area contributed by atoms with Crippen molar-refractivity contribution in [2.24, 2.45) is 13.0 Å². The SMILES string of the molecule is Cc1c(C(=O)OCC(C)C)nnn1CCc1ccnn1C. The molecule has 0 aliphatic carbocycles. The topological polar surface area (TPSA) is 74.8 Å². The van der Waals surface area contributed by atoms with Crippen LogP contribution in [0.25, 0.3) is 0 Å². The largest absolute Gasteiger partial charge is 0.461 e. The summed E-state index contributed by atoms with van der Waals surface area (Å²) in [6.07, 6.45) is 2.54. The quantitative estimate of drug-likeness (QED) is 0.752. The second-order valence-corrected chi connectivity index (χ2v) is 5.44. The molecule has 0 bridgehead atoms. The van der Waals surface area contributed by atoms with Crippen LogP contribution in [-0.4, -0.2) is 37.4 Å². The second kappa shape index (κ2) is 6.51. The Morgan fingerprint density at radius 1 is 1.43 bits per heavy atom. The van der Waals surface area contributed by atoms with Crippen LogP contribution in [0, 0.1) is 12.8 Å². The maximum atomic E-state index is 11.9. The smallest absolute Gasteiger partial charge is 0.360 e. The van der Waals surface area contributed by atoms with E-state index in [1.165, 1.54) is 0 Å². The normalized spacial score (nSPS) is 11.1. The van der Waals surface area contributed by atoms with Gasteiger partial charge in [0, 0.05) is 31.9 Å². The summed E-state index contributed by atoms with van der Waals surface area (Å²) in [7, 11) is 1.90. The summed E-state index contributed by atoms with van der Waals surface area (Å²) in [6.45, 7) is 6.85. The van der Waals surface area contributed by atoms with Gasteiger partial charge in [-0.15, -0.1) is 5.10 Å². The number of hydrogen-bond donors (Lipinski definition) is 0. The highest BCUT2D eigenvalue weighted by Gasteiger charge is 2.18. The predicted octanol–water partition coefficient (Wildman–Crippen LogP) is 1.38. The lowest BCUT2D eigenvalue weighted by Gasteiger charge is -2.06. The molecule has 0 amide bonds. The third-order valence-electron chi connectivity index (χ3n) is 3.23. The standard InChI is InChI=1S/C14H21N5O2/c1-10(2)9-21-14(20)13-11(3)19(17-16-13)8-6-12-5-7-15-18(12)4/h5,7,10H,6,8-9H2,1-4H3. The van der Waals surface area contributed by atoms with Crippen molar-refractivity contribution in [3.05, 3.63) is 29.3 Å². The Balaban J connectivity index is 2.00. The highest BCUT2D eigenvalue weighted by atomic mass is 16.5. The van der Waals surface area contributed by atoms with Crippen LogP contribution in [0.1, 0.15) is 35.7 Å². The highest BCUT2D eigenvalue weighted by molar-refractivity contribution is 5.88. The maximum absolute atomic E-state index is 11.9. The summed E-state index contributed by atoms with van der Waals surface area (Å²) in [5.74, 6) is -0.109. The summed E-state index contributed by atoms with van der Waals surface area (Å²) < 4.78 is 8.73. The van der Waals surface area contributed by atoms with Crippen LogP contribution in [0.15, 0.2) is 12.3 Å². The molecule has 2 aromatic heterocycles. The van der Waals surface area contributed by atoms with Crippen molar-refractivity contribution in [3.63, 3.8) is 0 Å². The summed E-state index contributed by atoms with van der Waals surface area (Å²) in [5, 5.41) is 12.1. The fourth-order valence-corrected chi connectivity index (χ4v) is 1.94. The van der Waals surface area contributed by atoms with E-state index in [-0.39, 0.29) is 0 Å². The van der Waals surface area contributed by atoms with Crippen molar-refractivity contribution in [1.82, 2.24) is 24.8 Å². The Labute approximate surface area is 123 Å². The van der Waals surface area contributed by atoms with E-state index in [1.54, 1.807) is 10.9 Å². The molecular formula is C14H21N5O2. The zero-order valence-corrected chi connectivity index (χ0v) is 12.9. The van der Waals surface area contributed by atoms with Gasteiger partial charge in [0.1, 0.15) is 0 Å². The van der Waals surface area contributed by atoms with Crippen LogP contribution in [0.4, 0.5) is 0 Å². The molecule has 0 saturated heterocycles. The summed E-state index contributed by atoms with van der Waals surface area (Å²) >= 11 is 0. The molecule has 0 N–H and O–H groups in total. The van der Waals surface area contributed by atoms with Crippen LogP contribution in [0.3, 0.4) is 0 Å². The molecule has 0 atom stereocenters. The zero-order valence-electron chi connectivity index (χ0n) is 12.9. The van der Waals surface area contributed by atoms with Crippen LogP contribution in [0.2, 0.25) is 0 Å². The molecule has 7 nitrogen and oxygen atoms in total. The molecule has 0 aliphatic rings. The van der Waals surface area contributed by atoms with Crippen molar-refractivity contribution in [3.8, 4) is 0 Å². The predicted molar refractivity (Wildman–Crippen MR) is 76.8 cm³/mol. The van der Waals surface area contributed by atoms with E-state index in [2.05, 4.69) is 15.4 Å². The van der Waals surface area contributed by atoms with Crippen molar-refractivity contribution in [2.75, 3.05) is 6.61 Å². The van der Waals surface area contributed by atoms with Gasteiger partial charge in [-0.1, -0.05) is 19.1 Å². The Bertz CT molecular complexity index is 615. The van der Waals surface area contributed by atoms with Gasteiger partial charge in [-0.25, -0.2) is 9.48 Å². The Morgan fingerprint density at radius 3 is 2.81 bits per heavy atom. The van der Waals surface area contributed by atoms with Gasteiger partial charge in [0.2, 0.25) is 0 Å². The Morgan fingerprint density at radius 2 is 2.19 bits per heavy atom. The fourth-order valence-electron chi connectivity index (χ4n) is 1.94. The van der Waals surface area contributed by atoms with Gasteiger partial charge >= 0.3 is 5.97 Å². The maximum Gasteiger partial charge on any atom is 0.360 e. The Kier molecular flexibility index (Phi) is 4.72. The van der Waals surface area contributed by atoms with Crippen LogP contribution in [-0.2, 0) is 24.8 Å². The number of aromatic nitrogens is 5. The minimum atomic E-state index is -0.409. The molecule has 0 spiro atoms. The van der Waals surface area contributed by atoms with E-state index in [1.807, 2.05) is 38.6 Å². The van der Waals surface area contributed by atoms with Gasteiger partial charge in [0.05, 0.1) is 12.3 Å². The Hall–Kier alpha value is -2.18. The van der Waals surface area contributed by atoms with Crippen molar-refractivity contribution in [1.29, 1.82) is 0 Å². The van der Waals surface area contributed by atoms with Crippen LogP contribution in [0.5, 0.6) is 0 Å². The van der Waals surface area contributed by atoms with Gasteiger partial charge in [-0.05, 0) is 18.9 Å². The molecule has 114 valence electrons. The number of esters is 1. The van der Waals surface area contributed by atoms with Gasteiger partial charge in [0.15, 0.2) is 5.69 Å². The van der Waals surface area contributed by atoms with E-state index in [0.717, 1.165) is 17.8 Å². The molecule has 0 aromatic carbocycles. The monoisotopic (exact) mass is 291 g/mol. The highest BCUT2D eigenvalue weighted by Crippen LogP contribution is 2.08. The molecule has 2 aromatic rings. The minimum absolute atomic E-state index is 0.292. The lowest BCUT2D eigenvalue weighted by atomic mass is 10.2. The number of hydrogen-bond acceptors (Lipinski definition) is 5. The lowest BCUT2D eigenvalue weighted by Crippen LogP contribution is -2.13.